The fourth-order valence-corrected chi connectivity index (χ4v) is 4.20. The summed E-state index contributed by atoms with van der Waals surface area (Å²) in [6, 6.07) is 23.3. The molecule has 0 bridgehead atoms. The van der Waals surface area contributed by atoms with E-state index in [1.807, 2.05) is 24.3 Å². The average molecular weight is 456 g/mol. The van der Waals surface area contributed by atoms with Crippen molar-refractivity contribution < 1.29 is 14.3 Å². The molecule has 8 nitrogen and oxygen atoms in total. The van der Waals surface area contributed by atoms with Gasteiger partial charge in [-0.3, -0.25) is 10.2 Å². The molecule has 8 heteroatoms. The predicted octanol–water partition coefficient (Wildman–Crippen LogP) is 4.94. The highest BCUT2D eigenvalue weighted by atomic mass is 16.6. The maximum absolute atomic E-state index is 12.7. The van der Waals surface area contributed by atoms with E-state index in [0.29, 0.717) is 12.1 Å². The first kappa shape index (κ1) is 22.8. The third-order valence-corrected chi connectivity index (χ3v) is 5.85. The van der Waals surface area contributed by atoms with E-state index in [1.165, 1.54) is 27.2 Å². The van der Waals surface area contributed by atoms with Gasteiger partial charge in [-0.25, -0.2) is 4.79 Å². The average Bonchev–Trinajstić information content (AvgIpc) is 3.16. The van der Waals surface area contributed by atoms with Crippen LogP contribution in [0.5, 0.6) is 0 Å². The molecule has 0 saturated heterocycles. The largest absolute Gasteiger partial charge is 0.448 e. The minimum Gasteiger partial charge on any atom is -0.448 e. The van der Waals surface area contributed by atoms with Gasteiger partial charge >= 0.3 is 6.09 Å². The lowest BCUT2D eigenvalue weighted by Crippen LogP contribution is -2.28. The molecule has 1 amide bonds. The standard InChI is InChI=1S/C26H25N5O3/c1-31(15-17-10-12-18(13-11-17)24(32)14-25(27)29-30-28)26(33)34-16-23-21-8-4-2-6-19(21)20-7-3-5-9-22(20)23/h2-13,23H,14-16H2,1H3,(H3,27,28,29). The number of fused-ring (bicyclic) bond motifs is 3. The van der Waals surface area contributed by atoms with Crippen LogP contribution in [0.4, 0.5) is 4.79 Å². The van der Waals surface area contributed by atoms with Gasteiger partial charge in [0.05, 0.1) is 6.42 Å². The van der Waals surface area contributed by atoms with Crippen LogP contribution >= 0.6 is 0 Å². The van der Waals surface area contributed by atoms with Gasteiger partial charge in [0.1, 0.15) is 6.61 Å². The Hall–Kier alpha value is -4.33. The number of Topliss-reactive ketones (excluding diaryl/α,β-unsaturated/α-hetero) is 1. The number of hydrogen-bond acceptors (Lipinski definition) is 5. The number of amidine groups is 1. The molecule has 0 radical (unpaired) electrons. The molecule has 3 aromatic rings. The van der Waals surface area contributed by atoms with Crippen LogP contribution in [0, 0.1) is 5.41 Å². The SMILES string of the molecule is CN(Cc1ccc(C(=O)CC(=N)N=NN)cc1)C(=O)OCC1c2ccccc2-c2ccccc21. The van der Waals surface area contributed by atoms with Crippen molar-refractivity contribution in [2.45, 2.75) is 18.9 Å². The van der Waals surface area contributed by atoms with E-state index in [1.54, 1.807) is 31.3 Å². The lowest BCUT2D eigenvalue weighted by atomic mass is 9.98. The van der Waals surface area contributed by atoms with Crippen molar-refractivity contribution >= 4 is 17.7 Å². The van der Waals surface area contributed by atoms with Gasteiger partial charge in [0.15, 0.2) is 11.6 Å². The van der Waals surface area contributed by atoms with Crippen molar-refractivity contribution in [3.8, 4) is 11.1 Å². The normalized spacial score (nSPS) is 12.3. The Bertz CT molecular complexity index is 1210. The van der Waals surface area contributed by atoms with E-state index in [9.17, 15) is 9.59 Å². The maximum atomic E-state index is 12.7. The van der Waals surface area contributed by atoms with E-state index in [0.717, 1.165) is 5.56 Å². The van der Waals surface area contributed by atoms with E-state index >= 15 is 0 Å². The van der Waals surface area contributed by atoms with Crippen LogP contribution in [0.2, 0.25) is 0 Å². The van der Waals surface area contributed by atoms with E-state index in [-0.39, 0.29) is 30.6 Å². The molecular formula is C26H25N5O3. The second kappa shape index (κ2) is 10.1. The van der Waals surface area contributed by atoms with Crippen LogP contribution in [0.1, 0.15) is 39.4 Å². The molecule has 0 heterocycles. The summed E-state index contributed by atoms with van der Waals surface area (Å²) in [5.41, 5.74) is 6.00. The van der Waals surface area contributed by atoms with Gasteiger partial charge in [0.2, 0.25) is 0 Å². The second-order valence-corrected chi connectivity index (χ2v) is 8.12. The molecule has 0 unspecified atom stereocenters. The Labute approximate surface area is 197 Å². The zero-order valence-corrected chi connectivity index (χ0v) is 18.8. The molecule has 0 saturated carbocycles. The number of nitrogens with zero attached hydrogens (tertiary/aromatic N) is 3. The molecule has 1 aliphatic rings. The molecule has 172 valence electrons. The number of nitrogens with one attached hydrogen (secondary N) is 1. The molecule has 3 N–H and O–H groups in total. The quantitative estimate of drug-likeness (QED) is 0.131. The first-order chi connectivity index (χ1) is 16.5. The number of rotatable bonds is 7. The minimum absolute atomic E-state index is 0.00702. The summed E-state index contributed by atoms with van der Waals surface area (Å²) in [5, 5.41) is 13.9. The number of ketones is 1. The molecule has 4 rings (SSSR count). The van der Waals surface area contributed by atoms with Crippen LogP contribution in [0.15, 0.2) is 83.1 Å². The van der Waals surface area contributed by atoms with E-state index in [4.69, 9.17) is 16.0 Å². The molecule has 0 spiro atoms. The van der Waals surface area contributed by atoms with Gasteiger partial charge in [-0.15, -0.1) is 5.11 Å². The lowest BCUT2D eigenvalue weighted by Gasteiger charge is -2.20. The summed E-state index contributed by atoms with van der Waals surface area (Å²) in [6.07, 6.45) is -0.595. The van der Waals surface area contributed by atoms with Crippen LogP contribution in [0.3, 0.4) is 0 Å². The molecule has 0 fully saturated rings. The summed E-state index contributed by atoms with van der Waals surface area (Å²) < 4.78 is 5.68. The summed E-state index contributed by atoms with van der Waals surface area (Å²) in [7, 11) is 1.68. The summed E-state index contributed by atoms with van der Waals surface area (Å²) in [5.74, 6) is 4.45. The zero-order valence-electron chi connectivity index (χ0n) is 18.8. The van der Waals surface area contributed by atoms with Gasteiger partial charge < -0.3 is 15.5 Å². The Morgan fingerprint density at radius 1 is 0.971 bits per heavy atom. The molecule has 34 heavy (non-hydrogen) atoms. The Morgan fingerprint density at radius 3 is 2.15 bits per heavy atom. The minimum atomic E-state index is -0.414. The van der Waals surface area contributed by atoms with Gasteiger partial charge in [-0.05, 0) is 27.8 Å². The number of nitrogens with two attached hydrogens (primary N) is 1. The summed E-state index contributed by atoms with van der Waals surface area (Å²) in [6.45, 7) is 0.596. The van der Waals surface area contributed by atoms with Crippen molar-refractivity contribution in [2.75, 3.05) is 13.7 Å². The Kier molecular flexibility index (Phi) is 6.77. The maximum Gasteiger partial charge on any atom is 0.409 e. The van der Waals surface area contributed by atoms with Crippen molar-refractivity contribution in [2.24, 2.45) is 16.2 Å². The highest BCUT2D eigenvalue weighted by Gasteiger charge is 2.29. The number of ether oxygens (including phenoxy) is 1. The van der Waals surface area contributed by atoms with Crippen molar-refractivity contribution in [3.05, 3.63) is 95.1 Å². The number of benzene rings is 3. The number of amides is 1. The fraction of sp³-hybridized carbons (Fsp3) is 0.192. The van der Waals surface area contributed by atoms with Crippen LogP contribution in [0.25, 0.3) is 11.1 Å². The Morgan fingerprint density at radius 2 is 1.56 bits per heavy atom. The third-order valence-electron chi connectivity index (χ3n) is 5.85. The molecular weight excluding hydrogens is 430 g/mol. The lowest BCUT2D eigenvalue weighted by molar-refractivity contribution is 0.0998. The van der Waals surface area contributed by atoms with Crippen molar-refractivity contribution in [3.63, 3.8) is 0 Å². The third kappa shape index (κ3) is 4.85. The van der Waals surface area contributed by atoms with Gasteiger partial charge in [-0.1, -0.05) is 78.0 Å². The highest BCUT2D eigenvalue weighted by Crippen LogP contribution is 2.44. The van der Waals surface area contributed by atoms with Crippen molar-refractivity contribution in [1.29, 1.82) is 5.41 Å². The first-order valence-electron chi connectivity index (χ1n) is 10.8. The van der Waals surface area contributed by atoms with E-state index in [2.05, 4.69) is 34.6 Å². The monoisotopic (exact) mass is 455 g/mol. The van der Waals surface area contributed by atoms with Gasteiger partial charge in [0.25, 0.3) is 0 Å². The van der Waals surface area contributed by atoms with Gasteiger partial charge in [-0.2, -0.15) is 0 Å². The fourth-order valence-electron chi connectivity index (χ4n) is 4.20. The first-order valence-corrected chi connectivity index (χ1v) is 10.8. The van der Waals surface area contributed by atoms with Crippen LogP contribution < -0.4 is 5.84 Å². The van der Waals surface area contributed by atoms with E-state index < -0.39 is 6.09 Å². The topological polar surface area (TPSA) is 121 Å². The zero-order chi connectivity index (χ0) is 24.1. The number of carbonyl (C=O) groups is 2. The highest BCUT2D eigenvalue weighted by molar-refractivity contribution is 6.08. The molecule has 0 aliphatic heterocycles. The summed E-state index contributed by atoms with van der Waals surface area (Å²) >= 11 is 0. The van der Waals surface area contributed by atoms with Gasteiger partial charge in [0, 0.05) is 25.1 Å². The predicted molar refractivity (Wildman–Crippen MR) is 129 cm³/mol. The summed E-state index contributed by atoms with van der Waals surface area (Å²) in [4.78, 5) is 26.4. The molecule has 0 aromatic heterocycles. The molecule has 3 aromatic carbocycles. The molecule has 0 atom stereocenters. The van der Waals surface area contributed by atoms with Crippen molar-refractivity contribution in [1.82, 2.24) is 4.90 Å². The molecule has 1 aliphatic carbocycles. The van der Waals surface area contributed by atoms with Crippen LogP contribution in [-0.2, 0) is 11.3 Å². The second-order valence-electron chi connectivity index (χ2n) is 8.12. The number of carbonyl (C=O) groups excluding carboxylic acids is 2. The van der Waals surface area contributed by atoms with Crippen LogP contribution in [-0.4, -0.2) is 36.3 Å². The number of hydrogen-bond donors (Lipinski definition) is 2. The Balaban J connectivity index is 1.35. The smallest absolute Gasteiger partial charge is 0.409 e.